The van der Waals surface area contributed by atoms with Crippen LogP contribution in [0.5, 0.6) is 0 Å². The smallest absolute Gasteiger partial charge is 0.0233 e. The molecule has 0 amide bonds. The van der Waals surface area contributed by atoms with Crippen LogP contribution in [0.1, 0.15) is 33.1 Å². The zero-order valence-corrected chi connectivity index (χ0v) is 8.47. The van der Waals surface area contributed by atoms with E-state index in [-0.39, 0.29) is 0 Å². The maximum absolute atomic E-state index is 5.60. The number of hydrogen-bond acceptors (Lipinski definition) is 1. The molecule has 0 saturated heterocycles. The Balaban J connectivity index is 2.97. The van der Waals surface area contributed by atoms with E-state index in [9.17, 15) is 0 Å². The standard InChI is InChI=1S/C8H17ClS/c1-3-4-7-10-8(2)5-6-9/h8H,3-7H2,1-2H3. The van der Waals surface area contributed by atoms with Crippen molar-refractivity contribution >= 4 is 23.4 Å². The zero-order valence-electron chi connectivity index (χ0n) is 6.90. The van der Waals surface area contributed by atoms with Crippen molar-refractivity contribution in [1.82, 2.24) is 0 Å². The van der Waals surface area contributed by atoms with Crippen molar-refractivity contribution < 1.29 is 0 Å². The van der Waals surface area contributed by atoms with Crippen molar-refractivity contribution in [2.75, 3.05) is 11.6 Å². The van der Waals surface area contributed by atoms with E-state index in [2.05, 4.69) is 13.8 Å². The summed E-state index contributed by atoms with van der Waals surface area (Å²) < 4.78 is 0. The number of halogens is 1. The second-order valence-electron chi connectivity index (χ2n) is 2.51. The molecule has 0 aliphatic rings. The molecule has 10 heavy (non-hydrogen) atoms. The molecule has 0 N–H and O–H groups in total. The van der Waals surface area contributed by atoms with Gasteiger partial charge in [0.15, 0.2) is 0 Å². The number of unbranched alkanes of at least 4 members (excludes halogenated alkanes) is 1. The molecule has 62 valence electrons. The van der Waals surface area contributed by atoms with Gasteiger partial charge in [0.25, 0.3) is 0 Å². The fourth-order valence-corrected chi connectivity index (χ4v) is 2.26. The summed E-state index contributed by atoms with van der Waals surface area (Å²) in [4.78, 5) is 0. The molecule has 0 rings (SSSR count). The van der Waals surface area contributed by atoms with E-state index in [1.807, 2.05) is 11.8 Å². The molecule has 1 atom stereocenters. The van der Waals surface area contributed by atoms with Gasteiger partial charge in [0, 0.05) is 11.1 Å². The van der Waals surface area contributed by atoms with Crippen molar-refractivity contribution in [2.24, 2.45) is 0 Å². The van der Waals surface area contributed by atoms with Crippen molar-refractivity contribution in [3.05, 3.63) is 0 Å². The van der Waals surface area contributed by atoms with Crippen LogP contribution >= 0.6 is 23.4 Å². The highest BCUT2D eigenvalue weighted by molar-refractivity contribution is 7.99. The quantitative estimate of drug-likeness (QED) is 0.445. The first-order chi connectivity index (χ1) is 4.81. The Morgan fingerprint density at radius 3 is 2.70 bits per heavy atom. The van der Waals surface area contributed by atoms with Crippen LogP contribution in [0.4, 0.5) is 0 Å². The van der Waals surface area contributed by atoms with Crippen molar-refractivity contribution in [3.63, 3.8) is 0 Å². The molecule has 0 saturated carbocycles. The first-order valence-electron chi connectivity index (χ1n) is 3.98. The second-order valence-corrected chi connectivity index (χ2v) is 4.44. The first kappa shape index (κ1) is 10.6. The molecule has 0 spiro atoms. The Hall–Kier alpha value is 0.640. The summed E-state index contributed by atoms with van der Waals surface area (Å²) in [5, 5.41) is 0.754. The van der Waals surface area contributed by atoms with Crippen LogP contribution in [0.3, 0.4) is 0 Å². The number of rotatable bonds is 6. The Labute approximate surface area is 73.7 Å². The average molecular weight is 181 g/mol. The summed E-state index contributed by atoms with van der Waals surface area (Å²) in [5.74, 6) is 2.11. The molecule has 0 aromatic heterocycles. The van der Waals surface area contributed by atoms with Gasteiger partial charge in [0.2, 0.25) is 0 Å². The van der Waals surface area contributed by atoms with E-state index in [1.165, 1.54) is 18.6 Å². The molecule has 0 aromatic carbocycles. The molecule has 0 aromatic rings. The van der Waals surface area contributed by atoms with E-state index in [0.717, 1.165) is 17.6 Å². The van der Waals surface area contributed by atoms with Gasteiger partial charge in [-0.1, -0.05) is 20.3 Å². The summed E-state index contributed by atoms with van der Waals surface area (Å²) in [6.07, 6.45) is 3.80. The van der Waals surface area contributed by atoms with Gasteiger partial charge in [-0.25, -0.2) is 0 Å². The minimum Gasteiger partial charge on any atom is -0.159 e. The highest BCUT2D eigenvalue weighted by Gasteiger charge is 1.99. The Bertz CT molecular complexity index is 66.3. The molecule has 0 heterocycles. The maximum atomic E-state index is 5.60. The van der Waals surface area contributed by atoms with Crippen molar-refractivity contribution in [3.8, 4) is 0 Å². The predicted octanol–water partition coefficient (Wildman–Crippen LogP) is 3.54. The topological polar surface area (TPSA) is 0 Å². The van der Waals surface area contributed by atoms with Gasteiger partial charge in [0.05, 0.1) is 0 Å². The van der Waals surface area contributed by atoms with E-state index in [4.69, 9.17) is 11.6 Å². The highest BCUT2D eigenvalue weighted by Crippen LogP contribution is 2.15. The lowest BCUT2D eigenvalue weighted by atomic mass is 10.4. The fourth-order valence-electron chi connectivity index (χ4n) is 0.666. The molecule has 0 nitrogen and oxygen atoms in total. The molecule has 0 aliphatic carbocycles. The van der Waals surface area contributed by atoms with Crippen molar-refractivity contribution in [2.45, 2.75) is 38.4 Å². The van der Waals surface area contributed by atoms with Crippen LogP contribution in [0, 0.1) is 0 Å². The Kier molecular flexibility index (Phi) is 8.24. The van der Waals surface area contributed by atoms with E-state index in [1.54, 1.807) is 0 Å². The number of alkyl halides is 1. The fraction of sp³-hybridized carbons (Fsp3) is 1.00. The normalized spacial score (nSPS) is 13.5. The largest absolute Gasteiger partial charge is 0.159 e. The molecule has 0 radical (unpaired) electrons. The molecule has 0 bridgehead atoms. The second kappa shape index (κ2) is 7.74. The first-order valence-corrected chi connectivity index (χ1v) is 5.57. The summed E-state index contributed by atoms with van der Waals surface area (Å²) in [5.41, 5.74) is 0. The summed E-state index contributed by atoms with van der Waals surface area (Å²) in [6, 6.07) is 0. The third-order valence-corrected chi connectivity index (χ3v) is 2.96. The lowest BCUT2D eigenvalue weighted by Gasteiger charge is -2.07. The zero-order chi connectivity index (χ0) is 7.82. The molecule has 0 aliphatic heterocycles. The summed E-state index contributed by atoms with van der Waals surface area (Å²) in [6.45, 7) is 4.48. The summed E-state index contributed by atoms with van der Waals surface area (Å²) >= 11 is 7.64. The van der Waals surface area contributed by atoms with Gasteiger partial charge in [0.1, 0.15) is 0 Å². The van der Waals surface area contributed by atoms with Crippen LogP contribution in [-0.2, 0) is 0 Å². The number of hydrogen-bond donors (Lipinski definition) is 0. The summed E-state index contributed by atoms with van der Waals surface area (Å²) in [7, 11) is 0. The average Bonchev–Trinajstić information content (AvgIpc) is 1.89. The van der Waals surface area contributed by atoms with E-state index in [0.29, 0.717) is 0 Å². The van der Waals surface area contributed by atoms with Gasteiger partial charge < -0.3 is 0 Å². The van der Waals surface area contributed by atoms with Gasteiger partial charge in [-0.2, -0.15) is 11.8 Å². The van der Waals surface area contributed by atoms with Crippen LogP contribution < -0.4 is 0 Å². The lowest BCUT2D eigenvalue weighted by Crippen LogP contribution is -1.97. The molecular formula is C8H17ClS. The van der Waals surface area contributed by atoms with Gasteiger partial charge >= 0.3 is 0 Å². The van der Waals surface area contributed by atoms with Crippen LogP contribution in [0.25, 0.3) is 0 Å². The minimum atomic E-state index is 0.754. The molecule has 1 unspecified atom stereocenters. The number of thioether (sulfide) groups is 1. The van der Waals surface area contributed by atoms with Crippen LogP contribution in [-0.4, -0.2) is 16.9 Å². The maximum Gasteiger partial charge on any atom is 0.0233 e. The molecular weight excluding hydrogens is 164 g/mol. The third-order valence-electron chi connectivity index (χ3n) is 1.42. The van der Waals surface area contributed by atoms with Crippen LogP contribution in [0.15, 0.2) is 0 Å². The van der Waals surface area contributed by atoms with Gasteiger partial charge in [-0.05, 0) is 18.6 Å². The SMILES string of the molecule is CCCCSC(C)CCCl. The van der Waals surface area contributed by atoms with E-state index < -0.39 is 0 Å². The Morgan fingerprint density at radius 2 is 2.20 bits per heavy atom. The lowest BCUT2D eigenvalue weighted by molar-refractivity contribution is 0.875. The van der Waals surface area contributed by atoms with Crippen molar-refractivity contribution in [1.29, 1.82) is 0 Å². The van der Waals surface area contributed by atoms with Gasteiger partial charge in [-0.3, -0.25) is 0 Å². The van der Waals surface area contributed by atoms with E-state index >= 15 is 0 Å². The third kappa shape index (κ3) is 6.76. The Morgan fingerprint density at radius 1 is 1.50 bits per heavy atom. The molecule has 0 fully saturated rings. The monoisotopic (exact) mass is 180 g/mol. The minimum absolute atomic E-state index is 0.754. The van der Waals surface area contributed by atoms with Gasteiger partial charge in [-0.15, -0.1) is 11.6 Å². The van der Waals surface area contributed by atoms with Crippen LogP contribution in [0.2, 0.25) is 0 Å². The molecule has 2 heteroatoms. The highest BCUT2D eigenvalue weighted by atomic mass is 35.5. The predicted molar refractivity (Wildman–Crippen MR) is 52.2 cm³/mol.